The summed E-state index contributed by atoms with van der Waals surface area (Å²) in [5.74, 6) is -0.331. The van der Waals surface area contributed by atoms with E-state index in [1.807, 2.05) is 30.3 Å². The summed E-state index contributed by atoms with van der Waals surface area (Å²) in [5.41, 5.74) is 4.78. The fourth-order valence-corrected chi connectivity index (χ4v) is 3.41. The van der Waals surface area contributed by atoms with Gasteiger partial charge < -0.3 is 14.6 Å². The van der Waals surface area contributed by atoms with Crippen LogP contribution >= 0.6 is 12.4 Å². The summed E-state index contributed by atoms with van der Waals surface area (Å²) in [5, 5.41) is 4.73. The lowest BCUT2D eigenvalue weighted by Crippen LogP contribution is -2.45. The zero-order chi connectivity index (χ0) is 15.6. The van der Waals surface area contributed by atoms with Gasteiger partial charge in [0.2, 0.25) is 0 Å². The van der Waals surface area contributed by atoms with E-state index in [2.05, 4.69) is 11.4 Å². The van der Waals surface area contributed by atoms with Crippen LogP contribution in [0.5, 0.6) is 0 Å². The first kappa shape index (κ1) is 14.8. The highest BCUT2D eigenvalue weighted by atomic mass is 35.5. The number of ether oxygens (including phenoxy) is 1. The van der Waals surface area contributed by atoms with Gasteiger partial charge in [-0.05, 0) is 34.9 Å². The number of halogens is 1. The van der Waals surface area contributed by atoms with Gasteiger partial charge in [0.1, 0.15) is 6.26 Å². The van der Waals surface area contributed by atoms with Crippen LogP contribution in [-0.2, 0) is 22.5 Å². The van der Waals surface area contributed by atoms with E-state index in [1.54, 1.807) is 4.57 Å². The SMILES string of the molecule is Cl.O=C1Cc2cc3n(c(=O)c2=CO1)CC1=Cc2ccccc2NC=31. The Morgan fingerprint density at radius 1 is 1.17 bits per heavy atom. The van der Waals surface area contributed by atoms with Crippen LogP contribution in [0.1, 0.15) is 11.1 Å². The van der Waals surface area contributed by atoms with E-state index in [1.165, 1.54) is 6.26 Å². The standard InChI is InChI=1S/C18H12N2O3.ClH/c21-16-7-11-6-15-17-12(5-10-3-1-2-4-14(10)19-17)8-20(15)18(22)13(11)9-23-16;/h1-6,9,19H,7-8H2;1H. The molecule has 1 N–H and O–H groups in total. The molecule has 0 bridgehead atoms. The number of benzene rings is 1. The second-order valence-corrected chi connectivity index (χ2v) is 5.90. The maximum absolute atomic E-state index is 12.7. The first-order valence-electron chi connectivity index (χ1n) is 7.44. The Labute approximate surface area is 143 Å². The van der Waals surface area contributed by atoms with Gasteiger partial charge in [0.05, 0.1) is 29.2 Å². The van der Waals surface area contributed by atoms with E-state index in [9.17, 15) is 9.59 Å². The van der Waals surface area contributed by atoms with E-state index in [4.69, 9.17) is 4.74 Å². The Kier molecular flexibility index (Phi) is 3.15. The first-order valence-corrected chi connectivity index (χ1v) is 7.44. The minimum absolute atomic E-state index is 0. The van der Waals surface area contributed by atoms with Crippen molar-refractivity contribution >= 4 is 42.1 Å². The number of rotatable bonds is 0. The molecule has 24 heavy (non-hydrogen) atoms. The average molecular weight is 341 g/mol. The molecule has 0 aliphatic carbocycles. The molecule has 6 heteroatoms. The molecular weight excluding hydrogens is 328 g/mol. The molecule has 120 valence electrons. The molecule has 0 spiro atoms. The van der Waals surface area contributed by atoms with Gasteiger partial charge in [-0.15, -0.1) is 12.4 Å². The highest BCUT2D eigenvalue weighted by molar-refractivity contribution is 5.91. The molecular formula is C18H13ClN2O3. The lowest BCUT2D eigenvalue weighted by molar-refractivity contribution is -0.135. The molecule has 0 amide bonds. The number of carbonyl (C=O) groups excluding carboxylic acids is 1. The lowest BCUT2D eigenvalue weighted by Gasteiger charge is -2.17. The van der Waals surface area contributed by atoms with Gasteiger partial charge in [-0.25, -0.2) is 0 Å². The Morgan fingerprint density at radius 2 is 2.00 bits per heavy atom. The van der Waals surface area contributed by atoms with E-state index < -0.39 is 0 Å². The van der Waals surface area contributed by atoms with Crippen molar-refractivity contribution in [1.82, 2.24) is 4.57 Å². The highest BCUT2D eigenvalue weighted by Gasteiger charge is 2.25. The second kappa shape index (κ2) is 5.11. The number of cyclic esters (lactones) is 1. The predicted octanol–water partition coefficient (Wildman–Crippen LogP) is 0.738. The number of carbonyl (C=O) groups is 1. The molecule has 0 saturated carbocycles. The minimum Gasteiger partial charge on any atom is -0.433 e. The third kappa shape index (κ3) is 1.95. The van der Waals surface area contributed by atoms with Crippen LogP contribution in [-0.4, -0.2) is 10.5 Å². The summed E-state index contributed by atoms with van der Waals surface area (Å²) in [6.07, 6.45) is 3.52. The lowest BCUT2D eigenvalue weighted by atomic mass is 10.0. The number of fused-ring (bicyclic) bond motifs is 4. The fourth-order valence-electron chi connectivity index (χ4n) is 3.41. The summed E-state index contributed by atoms with van der Waals surface area (Å²) in [4.78, 5) is 24.2. The molecule has 0 fully saturated rings. The van der Waals surface area contributed by atoms with Crippen LogP contribution in [0.2, 0.25) is 0 Å². The molecule has 3 aliphatic rings. The van der Waals surface area contributed by atoms with Crippen molar-refractivity contribution in [3.8, 4) is 0 Å². The zero-order valence-electron chi connectivity index (χ0n) is 12.5. The van der Waals surface area contributed by atoms with E-state index >= 15 is 0 Å². The van der Waals surface area contributed by atoms with Crippen LogP contribution in [0, 0.1) is 0 Å². The van der Waals surface area contributed by atoms with Gasteiger partial charge in [-0.1, -0.05) is 18.2 Å². The summed E-state index contributed by atoms with van der Waals surface area (Å²) < 4.78 is 6.63. The molecule has 3 aliphatic heterocycles. The van der Waals surface area contributed by atoms with E-state index in [-0.39, 0.29) is 30.4 Å². The Bertz CT molecular complexity index is 1110. The Morgan fingerprint density at radius 3 is 2.88 bits per heavy atom. The third-order valence-corrected chi connectivity index (χ3v) is 4.52. The molecule has 4 heterocycles. The molecule has 0 radical (unpaired) electrons. The average Bonchev–Trinajstić information content (AvgIpc) is 2.91. The normalized spacial score (nSPS) is 16.2. The van der Waals surface area contributed by atoms with Crippen molar-refractivity contribution in [2.45, 2.75) is 13.0 Å². The molecule has 1 aromatic heterocycles. The summed E-state index contributed by atoms with van der Waals surface area (Å²) in [6, 6.07) is 9.95. The number of nitrogens with zero attached hydrogens (tertiary/aromatic N) is 1. The monoisotopic (exact) mass is 340 g/mol. The summed E-state index contributed by atoms with van der Waals surface area (Å²) in [6.45, 7) is 0.528. The van der Waals surface area contributed by atoms with Crippen molar-refractivity contribution < 1.29 is 9.53 Å². The van der Waals surface area contributed by atoms with Crippen LogP contribution in [0.4, 0.5) is 5.69 Å². The quantitative estimate of drug-likeness (QED) is 0.719. The summed E-state index contributed by atoms with van der Waals surface area (Å²) in [7, 11) is 0. The first-order chi connectivity index (χ1) is 11.2. The molecule has 5 rings (SSSR count). The molecule has 0 atom stereocenters. The van der Waals surface area contributed by atoms with Gasteiger partial charge in [0.25, 0.3) is 5.56 Å². The maximum Gasteiger partial charge on any atom is 0.315 e. The van der Waals surface area contributed by atoms with Gasteiger partial charge in [0.15, 0.2) is 0 Å². The van der Waals surface area contributed by atoms with Gasteiger partial charge >= 0.3 is 5.97 Å². The second-order valence-electron chi connectivity index (χ2n) is 5.90. The van der Waals surface area contributed by atoms with Gasteiger partial charge in [-0.2, -0.15) is 0 Å². The third-order valence-electron chi connectivity index (χ3n) is 4.52. The topological polar surface area (TPSA) is 60.3 Å². The largest absolute Gasteiger partial charge is 0.433 e. The van der Waals surface area contributed by atoms with E-state index in [0.29, 0.717) is 11.8 Å². The molecule has 1 aromatic carbocycles. The van der Waals surface area contributed by atoms with Crippen LogP contribution < -0.4 is 21.4 Å². The Balaban J connectivity index is 0.00000146. The minimum atomic E-state index is -0.331. The summed E-state index contributed by atoms with van der Waals surface area (Å²) >= 11 is 0. The Hall–Kier alpha value is -2.79. The number of hydrogen-bond donors (Lipinski definition) is 1. The van der Waals surface area contributed by atoms with Crippen molar-refractivity contribution in [2.24, 2.45) is 0 Å². The molecule has 0 saturated heterocycles. The van der Waals surface area contributed by atoms with Crippen LogP contribution in [0.25, 0.3) is 18.0 Å². The molecule has 5 nitrogen and oxygen atoms in total. The number of hydrogen-bond acceptors (Lipinski definition) is 4. The zero-order valence-corrected chi connectivity index (χ0v) is 13.4. The number of para-hydroxylation sites is 1. The number of anilines is 1. The molecule has 0 unspecified atom stereocenters. The van der Waals surface area contributed by atoms with Crippen LogP contribution in [0.3, 0.4) is 0 Å². The predicted molar refractivity (Wildman–Crippen MR) is 92.9 cm³/mol. The number of esters is 1. The molecule has 2 aromatic rings. The van der Waals surface area contributed by atoms with Crippen molar-refractivity contribution in [1.29, 1.82) is 0 Å². The fraction of sp³-hybridized carbons (Fsp3) is 0.111. The smallest absolute Gasteiger partial charge is 0.315 e. The van der Waals surface area contributed by atoms with Gasteiger partial charge in [0, 0.05) is 5.69 Å². The van der Waals surface area contributed by atoms with Gasteiger partial charge in [-0.3, -0.25) is 9.59 Å². The van der Waals surface area contributed by atoms with Crippen molar-refractivity contribution in [2.75, 3.05) is 5.32 Å². The maximum atomic E-state index is 12.7. The van der Waals surface area contributed by atoms with Crippen molar-refractivity contribution in [3.63, 3.8) is 0 Å². The van der Waals surface area contributed by atoms with Crippen molar-refractivity contribution in [3.05, 3.63) is 68.0 Å². The number of aromatic nitrogens is 1. The number of nitrogens with one attached hydrogen (secondary N) is 1. The number of pyridine rings is 1. The highest BCUT2D eigenvalue weighted by Crippen LogP contribution is 2.31. The van der Waals surface area contributed by atoms with Crippen LogP contribution in [0.15, 0.2) is 40.7 Å². The van der Waals surface area contributed by atoms with E-state index in [0.717, 1.165) is 33.4 Å².